The number of hydrogen-bond acceptors (Lipinski definition) is 7. The van der Waals surface area contributed by atoms with Crippen LogP contribution >= 0.6 is 23.2 Å². The van der Waals surface area contributed by atoms with Crippen LogP contribution in [0.1, 0.15) is 29.1 Å². The van der Waals surface area contributed by atoms with Crippen LogP contribution in [-0.4, -0.2) is 40.8 Å². The first-order valence-electron chi connectivity index (χ1n) is 10.5. The Bertz CT molecular complexity index is 1580. The average Bonchev–Trinajstić information content (AvgIpc) is 3.48. The van der Waals surface area contributed by atoms with Gasteiger partial charge in [-0.15, -0.1) is 0 Å². The van der Waals surface area contributed by atoms with E-state index < -0.39 is 11.9 Å². The topological polar surface area (TPSA) is 140 Å². The summed E-state index contributed by atoms with van der Waals surface area (Å²) in [7, 11) is 1.79. The van der Waals surface area contributed by atoms with Crippen LogP contribution in [0.2, 0.25) is 10.0 Å². The Kier molecular flexibility index (Phi) is 5.83. The molecule has 0 unspecified atom stereocenters. The van der Waals surface area contributed by atoms with Crippen molar-refractivity contribution < 1.29 is 4.79 Å². The molecule has 0 radical (unpaired) electrons. The summed E-state index contributed by atoms with van der Waals surface area (Å²) in [4.78, 5) is 26.6. The number of nitrogens with two attached hydrogens (primary N) is 1. The Hall–Kier alpha value is -4.02. The highest BCUT2D eigenvalue weighted by molar-refractivity contribution is 6.35. The number of carbonyl (C=O) groups is 1. The lowest BCUT2D eigenvalue weighted by Crippen LogP contribution is -2.29. The summed E-state index contributed by atoms with van der Waals surface area (Å²) in [6.45, 7) is 1.77. The molecule has 0 bridgehead atoms. The van der Waals surface area contributed by atoms with Crippen molar-refractivity contribution >= 4 is 45.8 Å². The second-order valence-electron chi connectivity index (χ2n) is 7.89. The van der Waals surface area contributed by atoms with Crippen molar-refractivity contribution in [2.75, 3.05) is 5.73 Å². The molecule has 0 aliphatic heterocycles. The number of amides is 1. The minimum Gasteiger partial charge on any atom is -0.382 e. The third-order valence-electron chi connectivity index (χ3n) is 5.41. The van der Waals surface area contributed by atoms with Crippen molar-refractivity contribution in [3.05, 3.63) is 70.4 Å². The number of carbonyl (C=O) groups excluding carboxylic acids is 1. The first-order valence-corrected chi connectivity index (χ1v) is 11.3. The fourth-order valence-electron chi connectivity index (χ4n) is 3.74. The summed E-state index contributed by atoms with van der Waals surface area (Å²) in [6, 6.07) is 8.30. The number of aromatic nitrogens is 7. The maximum absolute atomic E-state index is 13.2. The van der Waals surface area contributed by atoms with E-state index in [0.29, 0.717) is 43.9 Å². The number of nitrogens with one attached hydrogen (secondary N) is 2. The van der Waals surface area contributed by atoms with E-state index in [-0.39, 0.29) is 11.5 Å². The summed E-state index contributed by atoms with van der Waals surface area (Å²) in [6.07, 6.45) is 5.04. The van der Waals surface area contributed by atoms with Gasteiger partial charge >= 0.3 is 0 Å². The molecule has 0 fully saturated rings. The number of hydrogen-bond donors (Lipinski definition) is 3. The van der Waals surface area contributed by atoms with Gasteiger partial charge in [-0.1, -0.05) is 23.2 Å². The zero-order valence-electron chi connectivity index (χ0n) is 18.6. The van der Waals surface area contributed by atoms with Gasteiger partial charge in [-0.3, -0.25) is 19.6 Å². The van der Waals surface area contributed by atoms with E-state index >= 15 is 0 Å². The maximum atomic E-state index is 13.2. The minimum absolute atomic E-state index is 0.0398. The molecule has 0 spiro atoms. The van der Waals surface area contributed by atoms with Gasteiger partial charge in [0.05, 0.1) is 39.2 Å². The standard InChI is InChI=1S/C23H19Cl2N9O/c1-11(17-14(24)4-3-6-27-17)29-23(35)21-22(26)31-20(16-5-7-34(2)33-16)19(30-21)12-8-13-10-28-32-18(13)15(25)9-12/h3-11H,1-2H3,(H2,26,31)(H,28,32)(H,29,35)/t11-/m1/s1. The lowest BCUT2D eigenvalue weighted by atomic mass is 10.1. The highest BCUT2D eigenvalue weighted by Gasteiger charge is 2.24. The number of pyridine rings is 1. The largest absolute Gasteiger partial charge is 0.382 e. The van der Waals surface area contributed by atoms with E-state index in [1.165, 1.54) is 0 Å². The number of aryl methyl sites for hydroxylation is 1. The van der Waals surface area contributed by atoms with Crippen molar-refractivity contribution in [1.82, 2.24) is 40.2 Å². The Morgan fingerprint density at radius 1 is 1.17 bits per heavy atom. The molecule has 4 aromatic heterocycles. The first-order chi connectivity index (χ1) is 16.8. The van der Waals surface area contributed by atoms with Crippen LogP contribution in [0.3, 0.4) is 0 Å². The van der Waals surface area contributed by atoms with Gasteiger partial charge < -0.3 is 11.1 Å². The van der Waals surface area contributed by atoms with Crippen LogP contribution in [0, 0.1) is 0 Å². The molecule has 1 aromatic carbocycles. The fourth-order valence-corrected chi connectivity index (χ4v) is 4.29. The van der Waals surface area contributed by atoms with E-state index in [2.05, 4.69) is 35.6 Å². The van der Waals surface area contributed by atoms with E-state index in [4.69, 9.17) is 28.9 Å². The molecule has 1 atom stereocenters. The van der Waals surface area contributed by atoms with Gasteiger partial charge in [-0.2, -0.15) is 10.2 Å². The number of aromatic amines is 1. The van der Waals surface area contributed by atoms with Crippen molar-refractivity contribution in [2.24, 2.45) is 7.05 Å². The number of nitrogen functional groups attached to an aromatic ring is 1. The summed E-state index contributed by atoms with van der Waals surface area (Å²) in [5, 5.41) is 15.9. The quantitative estimate of drug-likeness (QED) is 0.323. The lowest BCUT2D eigenvalue weighted by molar-refractivity contribution is 0.0935. The van der Waals surface area contributed by atoms with Crippen LogP contribution < -0.4 is 11.1 Å². The Balaban J connectivity index is 1.61. The van der Waals surface area contributed by atoms with Crippen molar-refractivity contribution in [3.8, 4) is 22.6 Å². The van der Waals surface area contributed by atoms with E-state index in [1.807, 2.05) is 6.07 Å². The first kappa shape index (κ1) is 22.8. The fraction of sp³-hybridized carbons (Fsp3) is 0.130. The second-order valence-corrected chi connectivity index (χ2v) is 8.70. The Morgan fingerprint density at radius 3 is 2.74 bits per heavy atom. The molecule has 12 heteroatoms. The number of H-pyrrole nitrogens is 1. The molecule has 35 heavy (non-hydrogen) atoms. The Morgan fingerprint density at radius 2 is 2.00 bits per heavy atom. The van der Waals surface area contributed by atoms with Gasteiger partial charge in [-0.05, 0) is 37.3 Å². The predicted octanol–water partition coefficient (Wildman–Crippen LogP) is 4.20. The van der Waals surface area contributed by atoms with Crippen LogP contribution in [0.15, 0.2) is 48.9 Å². The second kappa shape index (κ2) is 8.97. The normalized spacial score (nSPS) is 12.1. The smallest absolute Gasteiger partial charge is 0.274 e. The molecular weight excluding hydrogens is 489 g/mol. The third-order valence-corrected chi connectivity index (χ3v) is 6.03. The van der Waals surface area contributed by atoms with E-state index in [1.54, 1.807) is 61.5 Å². The number of rotatable bonds is 5. The molecule has 5 aromatic rings. The molecule has 10 nitrogen and oxygen atoms in total. The zero-order chi connectivity index (χ0) is 24.7. The third kappa shape index (κ3) is 4.29. The van der Waals surface area contributed by atoms with Crippen molar-refractivity contribution in [1.29, 1.82) is 0 Å². The maximum Gasteiger partial charge on any atom is 0.274 e. The van der Waals surface area contributed by atoms with Crippen LogP contribution in [-0.2, 0) is 7.05 Å². The van der Waals surface area contributed by atoms with Gasteiger partial charge in [0.15, 0.2) is 11.5 Å². The van der Waals surface area contributed by atoms with Gasteiger partial charge in [-0.25, -0.2) is 9.97 Å². The highest BCUT2D eigenvalue weighted by Crippen LogP contribution is 2.34. The van der Waals surface area contributed by atoms with E-state index in [9.17, 15) is 4.79 Å². The summed E-state index contributed by atoms with van der Waals surface area (Å²) in [5.74, 6) is -0.560. The van der Waals surface area contributed by atoms with Gasteiger partial charge in [0.25, 0.3) is 5.91 Å². The summed E-state index contributed by atoms with van der Waals surface area (Å²) >= 11 is 12.7. The number of nitrogens with zero attached hydrogens (tertiary/aromatic N) is 6. The molecule has 4 N–H and O–H groups in total. The monoisotopic (exact) mass is 507 g/mol. The SMILES string of the molecule is C[C@@H](NC(=O)c1nc(-c2cc(Cl)c3[nH]ncc3c2)c(-c2ccn(C)n2)nc1N)c1ncccc1Cl. The predicted molar refractivity (Wildman–Crippen MR) is 134 cm³/mol. The molecule has 0 aliphatic rings. The number of anilines is 1. The number of fused-ring (bicyclic) bond motifs is 1. The molecule has 1 amide bonds. The van der Waals surface area contributed by atoms with E-state index in [0.717, 1.165) is 5.39 Å². The minimum atomic E-state index is -0.520. The molecule has 0 aliphatic carbocycles. The number of halogens is 2. The van der Waals surface area contributed by atoms with Crippen LogP contribution in [0.25, 0.3) is 33.5 Å². The van der Waals surface area contributed by atoms with Crippen LogP contribution in [0.4, 0.5) is 5.82 Å². The molecule has 0 saturated heterocycles. The average molecular weight is 508 g/mol. The molecule has 4 heterocycles. The van der Waals surface area contributed by atoms with Gasteiger partial charge in [0.2, 0.25) is 0 Å². The Labute approximate surface area is 209 Å². The highest BCUT2D eigenvalue weighted by atomic mass is 35.5. The van der Waals surface area contributed by atoms with Gasteiger partial charge in [0.1, 0.15) is 11.4 Å². The zero-order valence-corrected chi connectivity index (χ0v) is 20.1. The lowest BCUT2D eigenvalue weighted by Gasteiger charge is -2.16. The van der Waals surface area contributed by atoms with Crippen LogP contribution in [0.5, 0.6) is 0 Å². The molecule has 176 valence electrons. The summed E-state index contributed by atoms with van der Waals surface area (Å²) in [5.41, 5.74) is 9.38. The van der Waals surface area contributed by atoms with Gasteiger partial charge in [0, 0.05) is 30.4 Å². The summed E-state index contributed by atoms with van der Waals surface area (Å²) < 4.78 is 1.64. The number of benzene rings is 1. The molecule has 5 rings (SSSR count). The molecule has 0 saturated carbocycles. The van der Waals surface area contributed by atoms with Crippen molar-refractivity contribution in [2.45, 2.75) is 13.0 Å². The molecular formula is C23H19Cl2N9O. The van der Waals surface area contributed by atoms with Crippen molar-refractivity contribution in [3.63, 3.8) is 0 Å².